The maximum atomic E-state index is 11.6. The lowest BCUT2D eigenvalue weighted by atomic mass is 10.1. The van der Waals surface area contributed by atoms with Crippen LogP contribution in [0, 0.1) is 0 Å². The number of rotatable bonds is 2. The number of nitrogens with one attached hydrogen (secondary N) is 1. The Bertz CT molecular complexity index is 323. The Kier molecular flexibility index (Phi) is 2.75. The van der Waals surface area contributed by atoms with Gasteiger partial charge in [0.1, 0.15) is 6.04 Å². The van der Waals surface area contributed by atoms with Crippen molar-refractivity contribution in [1.82, 2.24) is 10.2 Å². The summed E-state index contributed by atoms with van der Waals surface area (Å²) in [6.45, 7) is 3.50. The van der Waals surface area contributed by atoms with Gasteiger partial charge in [-0.15, -0.1) is 0 Å². The summed E-state index contributed by atoms with van der Waals surface area (Å²) >= 11 is 0. The molecule has 0 saturated carbocycles. The lowest BCUT2D eigenvalue weighted by Crippen LogP contribution is -2.54. The van der Waals surface area contributed by atoms with Gasteiger partial charge in [0.15, 0.2) is 5.78 Å². The maximum absolute atomic E-state index is 11.6. The molecular weight excluding hydrogens is 192 g/mol. The number of carbonyl (C=O) groups excluding carboxylic acids is 2. The Morgan fingerprint density at radius 2 is 2.27 bits per heavy atom. The summed E-state index contributed by atoms with van der Waals surface area (Å²) in [6.07, 6.45) is 3.88. The highest BCUT2D eigenvalue weighted by molar-refractivity contribution is 5.93. The Morgan fingerprint density at radius 1 is 1.47 bits per heavy atom. The first-order valence-electron chi connectivity index (χ1n) is 5.50. The second kappa shape index (κ2) is 4.04. The van der Waals surface area contributed by atoms with E-state index >= 15 is 0 Å². The van der Waals surface area contributed by atoms with E-state index in [4.69, 9.17) is 0 Å². The van der Waals surface area contributed by atoms with E-state index in [0.29, 0.717) is 13.0 Å². The lowest BCUT2D eigenvalue weighted by molar-refractivity contribution is -0.128. The van der Waals surface area contributed by atoms with Gasteiger partial charge in [0.05, 0.1) is 0 Å². The van der Waals surface area contributed by atoms with Gasteiger partial charge in [-0.3, -0.25) is 9.59 Å². The van der Waals surface area contributed by atoms with Gasteiger partial charge in [-0.2, -0.15) is 0 Å². The highest BCUT2D eigenvalue weighted by Crippen LogP contribution is 2.23. The molecule has 0 bridgehead atoms. The van der Waals surface area contributed by atoms with Crippen LogP contribution in [0.15, 0.2) is 11.8 Å². The molecule has 0 radical (unpaired) electrons. The molecule has 1 heterocycles. The number of ketones is 1. The molecule has 1 aliphatic heterocycles. The van der Waals surface area contributed by atoms with Crippen LogP contribution in [-0.2, 0) is 9.59 Å². The van der Waals surface area contributed by atoms with Crippen LogP contribution in [0.25, 0.3) is 0 Å². The molecule has 1 saturated heterocycles. The third kappa shape index (κ3) is 1.89. The van der Waals surface area contributed by atoms with Crippen LogP contribution in [0.5, 0.6) is 0 Å². The molecule has 0 spiro atoms. The second-order valence-corrected chi connectivity index (χ2v) is 4.01. The first-order valence-corrected chi connectivity index (χ1v) is 5.50. The van der Waals surface area contributed by atoms with Crippen LogP contribution < -0.4 is 5.32 Å². The third-order valence-electron chi connectivity index (χ3n) is 3.04. The van der Waals surface area contributed by atoms with E-state index in [0.717, 1.165) is 25.1 Å². The van der Waals surface area contributed by atoms with Gasteiger partial charge < -0.3 is 10.2 Å². The minimum absolute atomic E-state index is 0.0870. The van der Waals surface area contributed by atoms with Crippen molar-refractivity contribution in [2.24, 2.45) is 0 Å². The summed E-state index contributed by atoms with van der Waals surface area (Å²) < 4.78 is 0. The van der Waals surface area contributed by atoms with Crippen LogP contribution in [0.4, 0.5) is 0 Å². The van der Waals surface area contributed by atoms with Crippen molar-refractivity contribution < 1.29 is 9.59 Å². The SMILES string of the molecule is CCC1C(=O)NCCN1C1=CC(=O)CC1. The van der Waals surface area contributed by atoms with Crippen LogP contribution >= 0.6 is 0 Å². The molecule has 4 nitrogen and oxygen atoms in total. The van der Waals surface area contributed by atoms with Gasteiger partial charge in [-0.25, -0.2) is 0 Å². The zero-order chi connectivity index (χ0) is 10.8. The van der Waals surface area contributed by atoms with E-state index in [1.165, 1.54) is 0 Å². The van der Waals surface area contributed by atoms with Crippen molar-refractivity contribution in [3.05, 3.63) is 11.8 Å². The standard InChI is InChI=1S/C11H16N2O2/c1-2-10-11(15)12-5-6-13(10)8-3-4-9(14)7-8/h7,10H,2-6H2,1H3,(H,12,15). The monoisotopic (exact) mass is 208 g/mol. The van der Waals surface area contributed by atoms with Crippen LogP contribution in [0.2, 0.25) is 0 Å². The highest BCUT2D eigenvalue weighted by Gasteiger charge is 2.31. The minimum Gasteiger partial charge on any atom is -0.361 e. The normalized spacial score (nSPS) is 26.6. The molecule has 1 atom stereocenters. The van der Waals surface area contributed by atoms with Crippen molar-refractivity contribution in [3.63, 3.8) is 0 Å². The number of piperazine rings is 1. The molecular formula is C11H16N2O2. The van der Waals surface area contributed by atoms with Gasteiger partial charge in [-0.1, -0.05) is 6.92 Å². The highest BCUT2D eigenvalue weighted by atomic mass is 16.2. The fourth-order valence-corrected chi connectivity index (χ4v) is 2.27. The molecule has 1 fully saturated rings. The zero-order valence-corrected chi connectivity index (χ0v) is 8.95. The van der Waals surface area contributed by atoms with Gasteiger partial charge in [0, 0.05) is 31.3 Å². The molecule has 0 aromatic rings. The summed E-state index contributed by atoms with van der Waals surface area (Å²) in [5.74, 6) is 0.273. The largest absolute Gasteiger partial charge is 0.361 e. The van der Waals surface area contributed by atoms with E-state index < -0.39 is 0 Å². The van der Waals surface area contributed by atoms with Crippen molar-refractivity contribution in [2.75, 3.05) is 13.1 Å². The number of amides is 1. The van der Waals surface area contributed by atoms with Crippen molar-refractivity contribution in [2.45, 2.75) is 32.2 Å². The summed E-state index contributed by atoms with van der Waals surface area (Å²) in [5.41, 5.74) is 1.04. The topological polar surface area (TPSA) is 49.4 Å². The Hall–Kier alpha value is -1.32. The summed E-state index contributed by atoms with van der Waals surface area (Å²) in [5, 5.41) is 2.85. The summed E-state index contributed by atoms with van der Waals surface area (Å²) in [6, 6.07) is -0.0871. The Balaban J connectivity index is 2.16. The van der Waals surface area contributed by atoms with Gasteiger partial charge in [-0.05, 0) is 12.8 Å². The van der Waals surface area contributed by atoms with Crippen LogP contribution in [0.3, 0.4) is 0 Å². The first kappa shape index (κ1) is 10.2. The molecule has 4 heteroatoms. The van der Waals surface area contributed by atoms with E-state index in [2.05, 4.69) is 10.2 Å². The number of allylic oxidation sites excluding steroid dienone is 2. The number of nitrogens with zero attached hydrogens (tertiary/aromatic N) is 1. The Morgan fingerprint density at radius 3 is 2.87 bits per heavy atom. The molecule has 1 aliphatic carbocycles. The molecule has 2 rings (SSSR count). The van der Waals surface area contributed by atoms with E-state index in [-0.39, 0.29) is 17.7 Å². The lowest BCUT2D eigenvalue weighted by Gasteiger charge is -2.37. The predicted octanol–water partition coefficient (Wildman–Crippen LogP) is 0.444. The fourth-order valence-electron chi connectivity index (χ4n) is 2.27. The smallest absolute Gasteiger partial charge is 0.242 e. The number of hydrogen-bond acceptors (Lipinski definition) is 3. The van der Waals surface area contributed by atoms with Gasteiger partial charge >= 0.3 is 0 Å². The molecule has 1 unspecified atom stereocenters. The molecule has 1 N–H and O–H groups in total. The molecule has 1 amide bonds. The van der Waals surface area contributed by atoms with Crippen molar-refractivity contribution in [1.29, 1.82) is 0 Å². The fraction of sp³-hybridized carbons (Fsp3) is 0.636. The molecule has 82 valence electrons. The predicted molar refractivity (Wildman–Crippen MR) is 56.1 cm³/mol. The number of hydrogen-bond donors (Lipinski definition) is 1. The Labute approximate surface area is 89.3 Å². The molecule has 0 aromatic heterocycles. The molecule has 2 aliphatic rings. The van der Waals surface area contributed by atoms with E-state index in [9.17, 15) is 9.59 Å². The minimum atomic E-state index is -0.0871. The maximum Gasteiger partial charge on any atom is 0.242 e. The average Bonchev–Trinajstić information content (AvgIpc) is 2.64. The van der Waals surface area contributed by atoms with Gasteiger partial charge in [0.25, 0.3) is 0 Å². The first-order chi connectivity index (χ1) is 7.22. The average molecular weight is 208 g/mol. The van der Waals surface area contributed by atoms with Crippen LogP contribution in [0.1, 0.15) is 26.2 Å². The van der Waals surface area contributed by atoms with E-state index in [1.54, 1.807) is 6.08 Å². The quantitative estimate of drug-likeness (QED) is 0.716. The van der Waals surface area contributed by atoms with Gasteiger partial charge in [0.2, 0.25) is 5.91 Å². The number of carbonyl (C=O) groups is 2. The summed E-state index contributed by atoms with van der Waals surface area (Å²) in [7, 11) is 0. The van der Waals surface area contributed by atoms with Crippen molar-refractivity contribution >= 4 is 11.7 Å². The molecule has 15 heavy (non-hydrogen) atoms. The zero-order valence-electron chi connectivity index (χ0n) is 8.95. The third-order valence-corrected chi connectivity index (χ3v) is 3.04. The van der Waals surface area contributed by atoms with Crippen molar-refractivity contribution in [3.8, 4) is 0 Å². The van der Waals surface area contributed by atoms with E-state index in [1.807, 2.05) is 6.92 Å². The second-order valence-electron chi connectivity index (χ2n) is 4.01. The summed E-state index contributed by atoms with van der Waals surface area (Å²) in [4.78, 5) is 24.9. The van der Waals surface area contributed by atoms with Crippen LogP contribution in [-0.4, -0.2) is 35.7 Å². The molecule has 0 aromatic carbocycles.